The molecule has 0 spiro atoms. The van der Waals surface area contributed by atoms with Crippen LogP contribution in [0, 0.1) is 29.1 Å². The summed E-state index contributed by atoms with van der Waals surface area (Å²) < 4.78 is 1.87. The molecule has 6 nitrogen and oxygen atoms in total. The molecule has 1 heterocycles. The SMILES string of the molecule is O=C(NCC12CC3CC(C1)C(C3)C2)c1nn(Cc2ccccc2)c2c1CCC(C(=O)O)C2. The third-order valence-corrected chi connectivity index (χ3v) is 8.76. The molecule has 6 heteroatoms. The van der Waals surface area contributed by atoms with E-state index in [1.807, 2.05) is 35.0 Å². The zero-order valence-corrected chi connectivity index (χ0v) is 18.4. The summed E-state index contributed by atoms with van der Waals surface area (Å²) in [4.78, 5) is 24.9. The number of carboxylic acid groups (broad SMARTS) is 1. The number of hydrogen-bond donors (Lipinski definition) is 2. The van der Waals surface area contributed by atoms with Gasteiger partial charge in [-0.1, -0.05) is 30.3 Å². The highest BCUT2D eigenvalue weighted by molar-refractivity contribution is 5.94. The molecule has 1 amide bonds. The van der Waals surface area contributed by atoms with Crippen molar-refractivity contribution in [2.24, 2.45) is 29.1 Å². The molecule has 3 atom stereocenters. The van der Waals surface area contributed by atoms with E-state index in [9.17, 15) is 14.7 Å². The molecule has 2 N–H and O–H groups in total. The summed E-state index contributed by atoms with van der Waals surface area (Å²) in [6.07, 6.45) is 8.22. The molecule has 5 aliphatic rings. The van der Waals surface area contributed by atoms with Crippen molar-refractivity contribution in [3.8, 4) is 0 Å². The van der Waals surface area contributed by atoms with Crippen LogP contribution in [0.4, 0.5) is 0 Å². The number of fused-ring (bicyclic) bond motifs is 1. The van der Waals surface area contributed by atoms with Gasteiger partial charge >= 0.3 is 5.97 Å². The van der Waals surface area contributed by atoms with E-state index >= 15 is 0 Å². The van der Waals surface area contributed by atoms with Crippen LogP contribution in [0.5, 0.6) is 0 Å². The molecule has 7 rings (SSSR count). The predicted molar refractivity (Wildman–Crippen MR) is 119 cm³/mol. The number of nitrogens with one attached hydrogen (secondary N) is 1. The van der Waals surface area contributed by atoms with Gasteiger partial charge in [0.1, 0.15) is 0 Å². The quantitative estimate of drug-likeness (QED) is 0.728. The second-order valence-electron chi connectivity index (χ2n) is 10.8. The van der Waals surface area contributed by atoms with E-state index in [-0.39, 0.29) is 5.91 Å². The zero-order chi connectivity index (χ0) is 21.9. The average Bonchev–Trinajstić information content (AvgIpc) is 3.37. The van der Waals surface area contributed by atoms with Crippen molar-refractivity contribution in [2.45, 2.75) is 57.9 Å². The summed E-state index contributed by atoms with van der Waals surface area (Å²) in [5.74, 6) is 1.38. The van der Waals surface area contributed by atoms with Gasteiger partial charge in [0.2, 0.25) is 0 Å². The van der Waals surface area contributed by atoms with Crippen molar-refractivity contribution in [2.75, 3.05) is 6.54 Å². The number of nitrogens with zero attached hydrogens (tertiary/aromatic N) is 2. The van der Waals surface area contributed by atoms with Gasteiger partial charge in [0.25, 0.3) is 5.91 Å². The highest BCUT2D eigenvalue weighted by Crippen LogP contribution is 2.63. The highest BCUT2D eigenvalue weighted by Gasteiger charge is 2.55. The molecule has 5 aliphatic carbocycles. The Balaban J connectivity index is 1.24. The minimum Gasteiger partial charge on any atom is -0.481 e. The number of carboxylic acids is 1. The number of rotatable bonds is 6. The molecular weight excluding hydrogens is 402 g/mol. The second-order valence-corrected chi connectivity index (χ2v) is 10.8. The Hall–Kier alpha value is -2.63. The van der Waals surface area contributed by atoms with Crippen LogP contribution in [-0.2, 0) is 24.2 Å². The molecule has 32 heavy (non-hydrogen) atoms. The number of aromatic nitrogens is 2. The van der Waals surface area contributed by atoms with Crippen molar-refractivity contribution in [1.29, 1.82) is 0 Å². The van der Waals surface area contributed by atoms with Gasteiger partial charge in [-0.05, 0) is 73.7 Å². The second kappa shape index (κ2) is 7.46. The molecule has 2 aromatic rings. The van der Waals surface area contributed by atoms with Gasteiger partial charge in [-0.15, -0.1) is 0 Å². The molecule has 0 aliphatic heterocycles. The summed E-state index contributed by atoms with van der Waals surface area (Å²) in [5, 5.41) is 17.6. The summed E-state index contributed by atoms with van der Waals surface area (Å²) >= 11 is 0. The summed E-state index contributed by atoms with van der Waals surface area (Å²) in [6.45, 7) is 1.31. The summed E-state index contributed by atoms with van der Waals surface area (Å²) in [6, 6.07) is 10.0. The monoisotopic (exact) mass is 433 g/mol. The number of carbonyl (C=O) groups excluding carboxylic acids is 1. The molecule has 0 saturated heterocycles. The standard InChI is InChI=1S/C26H31N3O3/c30-24(27-15-26-11-17-8-19(12-26)20(9-17)13-26)23-21-7-6-18(25(31)32)10-22(21)29(28-23)14-16-4-2-1-3-5-16/h1-5,17-20H,6-15H2,(H,27,30)(H,31,32). The first-order valence-electron chi connectivity index (χ1n) is 12.1. The van der Waals surface area contributed by atoms with Crippen LogP contribution in [0.1, 0.15) is 65.8 Å². The average molecular weight is 434 g/mol. The molecule has 4 saturated carbocycles. The maximum absolute atomic E-state index is 13.3. The maximum Gasteiger partial charge on any atom is 0.306 e. The van der Waals surface area contributed by atoms with Crippen LogP contribution in [0.3, 0.4) is 0 Å². The van der Waals surface area contributed by atoms with Crippen molar-refractivity contribution in [3.63, 3.8) is 0 Å². The minimum absolute atomic E-state index is 0.0843. The fourth-order valence-corrected chi connectivity index (χ4v) is 7.51. The smallest absolute Gasteiger partial charge is 0.306 e. The molecular formula is C26H31N3O3. The molecule has 168 valence electrons. The van der Waals surface area contributed by atoms with E-state index in [0.717, 1.165) is 41.1 Å². The summed E-state index contributed by atoms with van der Waals surface area (Å²) in [5.41, 5.74) is 3.76. The minimum atomic E-state index is -0.764. The number of amides is 1. The van der Waals surface area contributed by atoms with Crippen molar-refractivity contribution >= 4 is 11.9 Å². The lowest BCUT2D eigenvalue weighted by molar-refractivity contribution is -0.142. The fraction of sp³-hybridized carbons (Fsp3) is 0.577. The van der Waals surface area contributed by atoms with E-state index in [2.05, 4.69) is 5.32 Å². The van der Waals surface area contributed by atoms with E-state index in [1.54, 1.807) is 0 Å². The lowest BCUT2D eigenvalue weighted by Crippen LogP contribution is -2.40. The van der Waals surface area contributed by atoms with Crippen molar-refractivity contribution in [1.82, 2.24) is 15.1 Å². The van der Waals surface area contributed by atoms with Crippen molar-refractivity contribution in [3.05, 3.63) is 52.8 Å². The fourth-order valence-electron chi connectivity index (χ4n) is 7.51. The van der Waals surface area contributed by atoms with Gasteiger partial charge in [0, 0.05) is 24.2 Å². The van der Waals surface area contributed by atoms with Gasteiger partial charge in [0.05, 0.1) is 12.5 Å². The Bertz CT molecular complexity index is 1040. The molecule has 4 bridgehead atoms. The Morgan fingerprint density at radius 3 is 2.56 bits per heavy atom. The number of hydrogen-bond acceptors (Lipinski definition) is 3. The van der Waals surface area contributed by atoms with E-state index in [4.69, 9.17) is 5.10 Å². The van der Waals surface area contributed by atoms with Gasteiger partial charge in [-0.3, -0.25) is 14.3 Å². The lowest BCUT2D eigenvalue weighted by atomic mass is 9.69. The van der Waals surface area contributed by atoms with Crippen LogP contribution in [0.25, 0.3) is 0 Å². The van der Waals surface area contributed by atoms with E-state index in [0.29, 0.717) is 36.9 Å². The topological polar surface area (TPSA) is 84.2 Å². The Labute approximate surface area is 188 Å². The molecule has 3 unspecified atom stereocenters. The zero-order valence-electron chi connectivity index (χ0n) is 18.4. The van der Waals surface area contributed by atoms with Crippen molar-refractivity contribution < 1.29 is 14.7 Å². The third-order valence-electron chi connectivity index (χ3n) is 8.76. The number of benzene rings is 1. The molecule has 0 radical (unpaired) electrons. The van der Waals surface area contributed by atoms with Gasteiger partial charge in [-0.25, -0.2) is 0 Å². The third kappa shape index (κ3) is 3.35. The Morgan fingerprint density at radius 1 is 1.12 bits per heavy atom. The van der Waals surface area contributed by atoms with Crippen LogP contribution < -0.4 is 5.32 Å². The van der Waals surface area contributed by atoms with Crippen LogP contribution in [0.15, 0.2) is 30.3 Å². The molecule has 1 aromatic carbocycles. The largest absolute Gasteiger partial charge is 0.481 e. The Morgan fingerprint density at radius 2 is 1.88 bits per heavy atom. The molecule has 4 fully saturated rings. The normalized spacial score (nSPS) is 32.1. The first kappa shape index (κ1) is 20.0. The first-order valence-corrected chi connectivity index (χ1v) is 12.1. The number of aliphatic carboxylic acids is 1. The molecule has 1 aromatic heterocycles. The van der Waals surface area contributed by atoms with Crippen LogP contribution in [0.2, 0.25) is 0 Å². The van der Waals surface area contributed by atoms with Gasteiger partial charge < -0.3 is 10.4 Å². The Kier molecular flexibility index (Phi) is 4.67. The predicted octanol–water partition coefficient (Wildman–Crippen LogP) is 3.68. The van der Waals surface area contributed by atoms with E-state index in [1.165, 1.54) is 32.1 Å². The lowest BCUT2D eigenvalue weighted by Gasteiger charge is -2.38. The maximum atomic E-state index is 13.3. The van der Waals surface area contributed by atoms with E-state index < -0.39 is 11.9 Å². The van der Waals surface area contributed by atoms with Gasteiger partial charge in [0.15, 0.2) is 5.69 Å². The van der Waals surface area contributed by atoms with Gasteiger partial charge in [-0.2, -0.15) is 5.10 Å². The van der Waals surface area contributed by atoms with Crippen LogP contribution in [-0.4, -0.2) is 33.3 Å². The summed E-state index contributed by atoms with van der Waals surface area (Å²) in [7, 11) is 0. The highest BCUT2D eigenvalue weighted by atomic mass is 16.4. The van der Waals surface area contributed by atoms with Crippen LogP contribution >= 0.6 is 0 Å². The first-order chi connectivity index (χ1) is 15.5. The number of carbonyl (C=O) groups is 2.